The maximum absolute atomic E-state index is 13.0. The molecule has 0 unspecified atom stereocenters. The Balaban J connectivity index is 2.75. The van der Waals surface area contributed by atoms with Crippen LogP contribution in [0.2, 0.25) is 0 Å². The molecule has 0 radical (unpaired) electrons. The number of nitrogens with zero attached hydrogens (tertiary/aromatic N) is 3. The summed E-state index contributed by atoms with van der Waals surface area (Å²) < 4.78 is 11.0. The van der Waals surface area contributed by atoms with Crippen LogP contribution in [0.25, 0.3) is 10.4 Å². The van der Waals surface area contributed by atoms with Crippen molar-refractivity contribution in [1.29, 1.82) is 0 Å². The summed E-state index contributed by atoms with van der Waals surface area (Å²) in [6, 6.07) is 2.51. The van der Waals surface area contributed by atoms with Crippen molar-refractivity contribution in [3.63, 3.8) is 0 Å². The number of azide groups is 1. The van der Waals surface area contributed by atoms with E-state index in [0.29, 0.717) is 12.4 Å². The summed E-state index contributed by atoms with van der Waals surface area (Å²) in [4.78, 5) is 40.4. The van der Waals surface area contributed by atoms with Crippen molar-refractivity contribution in [3.8, 4) is 5.75 Å². The number of carbonyl (C=O) groups excluding carboxylic acids is 3. The summed E-state index contributed by atoms with van der Waals surface area (Å²) in [6.45, 7) is 7.79. The molecule has 0 N–H and O–H groups in total. The van der Waals surface area contributed by atoms with Crippen LogP contribution >= 0.6 is 0 Å². The molecule has 1 aromatic rings. The molecule has 28 heavy (non-hydrogen) atoms. The number of Topliss-reactive ketones (excluding diaryl/α,β-unsaturated/α-hetero) is 2. The Labute approximate surface area is 161 Å². The molecule has 0 atom stereocenters. The fraction of sp³-hybridized carbons (Fsp3) is 0.250. The second-order valence-electron chi connectivity index (χ2n) is 5.70. The molecule has 2 rings (SSSR count). The lowest BCUT2D eigenvalue weighted by atomic mass is 9.91. The molecule has 0 fully saturated rings. The molecule has 1 amide bonds. The number of carbonyl (C=O) groups is 3. The maximum atomic E-state index is 13.0. The van der Waals surface area contributed by atoms with E-state index in [1.807, 2.05) is 0 Å². The van der Waals surface area contributed by atoms with Crippen molar-refractivity contribution < 1.29 is 23.9 Å². The van der Waals surface area contributed by atoms with Gasteiger partial charge >= 0.3 is 0 Å². The van der Waals surface area contributed by atoms with E-state index in [1.54, 1.807) is 26.0 Å². The molecule has 8 heteroatoms. The Hall–Kier alpha value is -3.64. The summed E-state index contributed by atoms with van der Waals surface area (Å²) in [5, 5.41) is 3.04. The largest absolute Gasteiger partial charge is 0.498 e. The molecule has 0 bridgehead atoms. The summed E-state index contributed by atoms with van der Waals surface area (Å²) in [7, 11) is 0. The van der Waals surface area contributed by atoms with Crippen LogP contribution in [0.3, 0.4) is 0 Å². The molecule has 0 spiro atoms. The van der Waals surface area contributed by atoms with Crippen molar-refractivity contribution in [2.24, 2.45) is 5.11 Å². The molecule has 0 saturated carbocycles. The summed E-state index contributed by atoms with van der Waals surface area (Å²) in [5.74, 6) is -1.35. The van der Waals surface area contributed by atoms with Crippen molar-refractivity contribution in [3.05, 3.63) is 75.4 Å². The second-order valence-corrected chi connectivity index (χ2v) is 5.70. The van der Waals surface area contributed by atoms with Crippen molar-refractivity contribution >= 4 is 17.5 Å². The third-order valence-corrected chi connectivity index (χ3v) is 3.84. The van der Waals surface area contributed by atoms with E-state index in [4.69, 9.17) is 15.0 Å². The molecule has 1 aliphatic rings. The molecule has 0 aliphatic heterocycles. The Morgan fingerprint density at radius 1 is 1.25 bits per heavy atom. The van der Waals surface area contributed by atoms with Gasteiger partial charge in [0.05, 0.1) is 25.2 Å². The Morgan fingerprint density at radius 2 is 1.96 bits per heavy atom. The van der Waals surface area contributed by atoms with Gasteiger partial charge in [0.2, 0.25) is 5.91 Å². The number of ether oxygens (including phenoxy) is 2. The van der Waals surface area contributed by atoms with Crippen LogP contribution in [0.5, 0.6) is 5.75 Å². The number of ketones is 2. The Kier molecular flexibility index (Phi) is 6.90. The molecule has 1 aliphatic carbocycles. The maximum Gasteiger partial charge on any atom is 0.249 e. The van der Waals surface area contributed by atoms with Crippen LogP contribution in [0.15, 0.2) is 53.4 Å². The van der Waals surface area contributed by atoms with E-state index < -0.39 is 17.5 Å². The first-order valence-corrected chi connectivity index (χ1v) is 8.60. The van der Waals surface area contributed by atoms with Gasteiger partial charge in [0.25, 0.3) is 0 Å². The Bertz CT molecular complexity index is 953. The molecule has 0 heterocycles. The average Bonchev–Trinajstić information content (AvgIpc) is 2.66. The van der Waals surface area contributed by atoms with Crippen LogP contribution in [-0.2, 0) is 4.74 Å². The number of rotatable bonds is 5. The van der Waals surface area contributed by atoms with E-state index in [9.17, 15) is 14.4 Å². The van der Waals surface area contributed by atoms with E-state index >= 15 is 0 Å². The zero-order valence-corrected chi connectivity index (χ0v) is 15.6. The molecule has 0 saturated heterocycles. The highest BCUT2D eigenvalue weighted by molar-refractivity contribution is 6.19. The summed E-state index contributed by atoms with van der Waals surface area (Å²) in [6.07, 6.45) is 4.57. The second kappa shape index (κ2) is 9.34. The third-order valence-electron chi connectivity index (χ3n) is 3.84. The van der Waals surface area contributed by atoms with Gasteiger partial charge in [-0.05, 0) is 42.7 Å². The van der Waals surface area contributed by atoms with Gasteiger partial charge < -0.3 is 9.47 Å². The standard InChI is InChI=1S/C20H19N3O5/c1-4-27-14-8-6-7-12(3)19(25)15-9-13(20(26)22-23-21)10-17(28-5-2)18(15)16(24)11-14/h6-10H,3-5,11H2,1-2H3/b7-6-,14-8+. The topological polar surface area (TPSA) is 118 Å². The van der Waals surface area contributed by atoms with Gasteiger partial charge in [-0.25, -0.2) is 0 Å². The van der Waals surface area contributed by atoms with Crippen LogP contribution in [0.1, 0.15) is 51.3 Å². The zero-order chi connectivity index (χ0) is 20.7. The summed E-state index contributed by atoms with van der Waals surface area (Å²) >= 11 is 0. The first-order valence-electron chi connectivity index (χ1n) is 8.60. The van der Waals surface area contributed by atoms with Gasteiger partial charge in [-0.3, -0.25) is 14.4 Å². The fourth-order valence-corrected chi connectivity index (χ4v) is 2.68. The number of hydrogen-bond donors (Lipinski definition) is 0. The summed E-state index contributed by atoms with van der Waals surface area (Å²) in [5.41, 5.74) is 8.56. The Morgan fingerprint density at radius 3 is 2.61 bits per heavy atom. The molecule has 8 nitrogen and oxygen atoms in total. The third kappa shape index (κ3) is 4.55. The van der Waals surface area contributed by atoms with E-state index in [-0.39, 0.29) is 41.0 Å². The normalized spacial score (nSPS) is 16.9. The van der Waals surface area contributed by atoms with Gasteiger partial charge in [0.1, 0.15) is 11.5 Å². The van der Waals surface area contributed by atoms with Crippen molar-refractivity contribution in [1.82, 2.24) is 0 Å². The quantitative estimate of drug-likeness (QED) is 0.325. The van der Waals surface area contributed by atoms with Crippen LogP contribution in [0, 0.1) is 0 Å². The minimum atomic E-state index is -0.889. The molecule has 1 aromatic carbocycles. The van der Waals surface area contributed by atoms with Crippen LogP contribution in [-0.4, -0.2) is 30.7 Å². The monoisotopic (exact) mass is 381 g/mol. The van der Waals surface area contributed by atoms with Crippen molar-refractivity contribution in [2.75, 3.05) is 13.2 Å². The van der Waals surface area contributed by atoms with Crippen LogP contribution < -0.4 is 4.74 Å². The number of fused-ring (bicyclic) bond motifs is 1. The lowest BCUT2D eigenvalue weighted by Crippen LogP contribution is -2.16. The zero-order valence-electron chi connectivity index (χ0n) is 15.6. The highest BCUT2D eigenvalue weighted by atomic mass is 16.5. The van der Waals surface area contributed by atoms with Gasteiger partial charge in [-0.1, -0.05) is 18.7 Å². The SMILES string of the molecule is C=C1/C=C\C=C(\OCC)CC(=O)c2c(OCC)cc(C(=O)N=[N+]=[N-])cc2C1=O. The smallest absolute Gasteiger partial charge is 0.249 e. The lowest BCUT2D eigenvalue weighted by molar-refractivity contribution is 0.0944. The highest BCUT2D eigenvalue weighted by Gasteiger charge is 2.26. The first-order chi connectivity index (χ1) is 13.4. The molecular formula is C20H19N3O5. The number of amides is 1. The fourth-order valence-electron chi connectivity index (χ4n) is 2.68. The van der Waals surface area contributed by atoms with Gasteiger partial charge in [-0.15, -0.1) is 0 Å². The van der Waals surface area contributed by atoms with E-state index in [0.717, 1.165) is 0 Å². The minimum Gasteiger partial charge on any atom is -0.498 e. The van der Waals surface area contributed by atoms with E-state index in [2.05, 4.69) is 16.6 Å². The van der Waals surface area contributed by atoms with Gasteiger partial charge in [0, 0.05) is 21.6 Å². The van der Waals surface area contributed by atoms with Gasteiger partial charge in [-0.2, -0.15) is 0 Å². The number of hydrogen-bond acceptors (Lipinski definition) is 5. The number of allylic oxidation sites excluding steroid dienone is 5. The highest BCUT2D eigenvalue weighted by Crippen LogP contribution is 2.30. The predicted octanol–water partition coefficient (Wildman–Crippen LogP) is 4.34. The molecule has 0 aromatic heterocycles. The minimum absolute atomic E-state index is 0.0337. The van der Waals surface area contributed by atoms with E-state index in [1.165, 1.54) is 18.2 Å². The predicted molar refractivity (Wildman–Crippen MR) is 102 cm³/mol. The average molecular weight is 381 g/mol. The molecular weight excluding hydrogens is 362 g/mol. The first kappa shape index (κ1) is 20.7. The number of benzene rings is 1. The lowest BCUT2D eigenvalue weighted by Gasteiger charge is -2.17. The van der Waals surface area contributed by atoms with Crippen LogP contribution in [0.4, 0.5) is 0 Å². The van der Waals surface area contributed by atoms with Gasteiger partial charge in [0.15, 0.2) is 11.6 Å². The molecule has 144 valence electrons. The van der Waals surface area contributed by atoms with Crippen molar-refractivity contribution in [2.45, 2.75) is 20.3 Å².